The van der Waals surface area contributed by atoms with Gasteiger partial charge in [0, 0.05) is 13.0 Å². The summed E-state index contributed by atoms with van der Waals surface area (Å²) in [7, 11) is 4.14. The van der Waals surface area contributed by atoms with Gasteiger partial charge < -0.3 is 4.90 Å². The first kappa shape index (κ1) is 16.4. The fraction of sp³-hybridized carbons (Fsp3) is 0.227. The summed E-state index contributed by atoms with van der Waals surface area (Å²) in [5.74, 6) is 0.221. The second kappa shape index (κ2) is 6.98. The first-order valence-corrected chi connectivity index (χ1v) is 8.29. The molecule has 2 heteroatoms. The minimum absolute atomic E-state index is 0.221. The van der Waals surface area contributed by atoms with Crippen LogP contribution in [0.15, 0.2) is 60.2 Å². The lowest BCUT2D eigenvalue weighted by molar-refractivity contribution is -0.114. The molecule has 0 aliphatic heterocycles. The van der Waals surface area contributed by atoms with Gasteiger partial charge in [0.25, 0.3) is 0 Å². The van der Waals surface area contributed by atoms with Crippen molar-refractivity contribution in [3.05, 3.63) is 82.4 Å². The van der Waals surface area contributed by atoms with Crippen LogP contribution in [-0.2, 0) is 11.2 Å². The van der Waals surface area contributed by atoms with E-state index in [1.54, 1.807) is 0 Å². The molecule has 0 bridgehead atoms. The predicted octanol–water partition coefficient (Wildman–Crippen LogP) is 4.21. The van der Waals surface area contributed by atoms with Gasteiger partial charge in [0.1, 0.15) is 0 Å². The Balaban J connectivity index is 2.05. The molecular weight excluding hydrogens is 294 g/mol. The zero-order chi connectivity index (χ0) is 17.1. The molecule has 0 radical (unpaired) electrons. The van der Waals surface area contributed by atoms with Crippen molar-refractivity contribution in [1.29, 1.82) is 0 Å². The summed E-state index contributed by atoms with van der Waals surface area (Å²) in [6.07, 6.45) is 4.75. The van der Waals surface area contributed by atoms with Gasteiger partial charge >= 0.3 is 0 Å². The molecule has 0 N–H and O–H groups in total. The van der Waals surface area contributed by atoms with Crippen LogP contribution in [0.5, 0.6) is 0 Å². The number of carbonyl (C=O) groups excluding carboxylic acids is 1. The third kappa shape index (κ3) is 3.55. The molecule has 0 fully saturated rings. The van der Waals surface area contributed by atoms with E-state index in [1.165, 1.54) is 16.7 Å². The van der Waals surface area contributed by atoms with Crippen molar-refractivity contribution >= 4 is 17.4 Å². The molecule has 0 saturated carbocycles. The normalized spacial score (nSPS) is 14.6. The second-order valence-electron chi connectivity index (χ2n) is 6.59. The maximum absolute atomic E-state index is 12.0. The van der Waals surface area contributed by atoms with Crippen LogP contribution in [0, 0.1) is 0 Å². The Morgan fingerprint density at radius 1 is 1.08 bits per heavy atom. The van der Waals surface area contributed by atoms with Crippen LogP contribution in [0.3, 0.4) is 0 Å². The van der Waals surface area contributed by atoms with Crippen molar-refractivity contribution in [2.75, 3.05) is 20.6 Å². The molecule has 3 rings (SSSR count). The highest BCUT2D eigenvalue weighted by Gasteiger charge is 2.16. The fourth-order valence-corrected chi connectivity index (χ4v) is 2.99. The van der Waals surface area contributed by atoms with E-state index in [0.717, 1.165) is 23.2 Å². The van der Waals surface area contributed by atoms with Gasteiger partial charge in [-0.05, 0) is 60.5 Å². The lowest BCUT2D eigenvalue weighted by Crippen LogP contribution is -2.12. The SMILES string of the molecule is CC1=Cc2ccc(/C(=C/CN(C)C)c3ccccc3)cc2CC1=O. The van der Waals surface area contributed by atoms with Gasteiger partial charge in [-0.3, -0.25) is 4.79 Å². The monoisotopic (exact) mass is 317 g/mol. The smallest absolute Gasteiger partial charge is 0.162 e. The number of allylic oxidation sites excluding steroid dienone is 1. The third-order valence-corrected chi connectivity index (χ3v) is 4.36. The molecule has 0 atom stereocenters. The van der Waals surface area contributed by atoms with Crippen LogP contribution in [0.25, 0.3) is 11.6 Å². The summed E-state index contributed by atoms with van der Waals surface area (Å²) >= 11 is 0. The zero-order valence-electron chi connectivity index (χ0n) is 14.5. The first-order valence-electron chi connectivity index (χ1n) is 8.29. The molecule has 0 saturated heterocycles. The Hall–Kier alpha value is -2.45. The van der Waals surface area contributed by atoms with Gasteiger partial charge in [-0.15, -0.1) is 0 Å². The third-order valence-electron chi connectivity index (χ3n) is 4.36. The number of ketones is 1. The minimum atomic E-state index is 0.221. The minimum Gasteiger partial charge on any atom is -0.306 e. The summed E-state index contributed by atoms with van der Waals surface area (Å²) in [5.41, 5.74) is 6.72. The number of nitrogens with zero attached hydrogens (tertiary/aromatic N) is 1. The van der Waals surface area contributed by atoms with Crippen molar-refractivity contribution in [3.8, 4) is 0 Å². The molecule has 0 unspecified atom stereocenters. The van der Waals surface area contributed by atoms with Crippen LogP contribution < -0.4 is 0 Å². The average Bonchev–Trinajstić information content (AvgIpc) is 2.57. The van der Waals surface area contributed by atoms with Crippen molar-refractivity contribution < 1.29 is 4.79 Å². The van der Waals surface area contributed by atoms with Gasteiger partial charge in [-0.2, -0.15) is 0 Å². The van der Waals surface area contributed by atoms with E-state index in [4.69, 9.17) is 0 Å². The average molecular weight is 317 g/mol. The number of Topliss-reactive ketones (excluding diaryl/α,β-unsaturated/α-hetero) is 1. The summed E-state index contributed by atoms with van der Waals surface area (Å²) in [6, 6.07) is 16.9. The molecule has 122 valence electrons. The Bertz CT molecular complexity index is 813. The predicted molar refractivity (Wildman–Crippen MR) is 101 cm³/mol. The van der Waals surface area contributed by atoms with Gasteiger partial charge in [0.2, 0.25) is 0 Å². The van der Waals surface area contributed by atoms with Gasteiger partial charge in [0.15, 0.2) is 5.78 Å². The summed E-state index contributed by atoms with van der Waals surface area (Å²) in [5, 5.41) is 0. The van der Waals surface area contributed by atoms with Crippen molar-refractivity contribution in [2.45, 2.75) is 13.3 Å². The fourth-order valence-electron chi connectivity index (χ4n) is 2.99. The van der Waals surface area contributed by atoms with E-state index in [1.807, 2.05) is 19.1 Å². The molecule has 2 nitrogen and oxygen atoms in total. The number of likely N-dealkylation sites (N-methyl/N-ethyl adjacent to an activating group) is 1. The Morgan fingerprint density at radius 3 is 2.54 bits per heavy atom. The van der Waals surface area contributed by atoms with Crippen LogP contribution in [-0.4, -0.2) is 31.3 Å². The van der Waals surface area contributed by atoms with Crippen molar-refractivity contribution in [3.63, 3.8) is 0 Å². The molecule has 1 aliphatic rings. The van der Waals surface area contributed by atoms with Crippen molar-refractivity contribution in [1.82, 2.24) is 4.90 Å². The first-order chi connectivity index (χ1) is 11.5. The zero-order valence-corrected chi connectivity index (χ0v) is 14.5. The summed E-state index contributed by atoms with van der Waals surface area (Å²) < 4.78 is 0. The van der Waals surface area contributed by atoms with E-state index >= 15 is 0 Å². The molecule has 2 aromatic carbocycles. The van der Waals surface area contributed by atoms with E-state index in [0.29, 0.717) is 6.42 Å². The molecule has 2 aromatic rings. The lowest BCUT2D eigenvalue weighted by atomic mass is 9.88. The lowest BCUT2D eigenvalue weighted by Gasteiger charge is -2.17. The van der Waals surface area contributed by atoms with Crippen LogP contribution >= 0.6 is 0 Å². The van der Waals surface area contributed by atoms with Crippen molar-refractivity contribution in [2.24, 2.45) is 0 Å². The molecular formula is C22H23NO. The van der Waals surface area contributed by atoms with Crippen LogP contribution in [0.4, 0.5) is 0 Å². The molecule has 0 aromatic heterocycles. The molecule has 0 heterocycles. The summed E-state index contributed by atoms with van der Waals surface area (Å²) in [4.78, 5) is 14.2. The highest BCUT2D eigenvalue weighted by Crippen LogP contribution is 2.29. The van der Waals surface area contributed by atoms with Crippen LogP contribution in [0.2, 0.25) is 0 Å². The number of rotatable bonds is 4. The molecule has 0 spiro atoms. The number of hydrogen-bond acceptors (Lipinski definition) is 2. The van der Waals surface area contributed by atoms with E-state index in [-0.39, 0.29) is 5.78 Å². The molecule has 0 amide bonds. The Morgan fingerprint density at radius 2 is 1.83 bits per heavy atom. The second-order valence-corrected chi connectivity index (χ2v) is 6.59. The highest BCUT2D eigenvalue weighted by molar-refractivity contribution is 6.03. The number of carbonyl (C=O) groups is 1. The van der Waals surface area contributed by atoms with E-state index < -0.39 is 0 Å². The van der Waals surface area contributed by atoms with Gasteiger partial charge in [-0.1, -0.05) is 54.6 Å². The number of hydrogen-bond donors (Lipinski definition) is 0. The maximum atomic E-state index is 12.0. The van der Waals surface area contributed by atoms with E-state index in [9.17, 15) is 4.79 Å². The Kier molecular flexibility index (Phi) is 4.77. The highest BCUT2D eigenvalue weighted by atomic mass is 16.1. The van der Waals surface area contributed by atoms with Gasteiger partial charge in [-0.25, -0.2) is 0 Å². The topological polar surface area (TPSA) is 20.3 Å². The standard InChI is InChI=1S/C22H23NO/c1-16-13-18-9-10-19(14-20(18)15-22(16)24)21(11-12-23(2)3)17-7-5-4-6-8-17/h4-11,13-14H,12,15H2,1-3H3/b21-11+. The maximum Gasteiger partial charge on any atom is 0.162 e. The quantitative estimate of drug-likeness (QED) is 0.842. The number of fused-ring (bicyclic) bond motifs is 1. The largest absolute Gasteiger partial charge is 0.306 e. The number of benzene rings is 2. The van der Waals surface area contributed by atoms with E-state index in [2.05, 4.69) is 67.5 Å². The van der Waals surface area contributed by atoms with Crippen LogP contribution in [0.1, 0.15) is 29.2 Å². The Labute approximate surface area is 144 Å². The molecule has 24 heavy (non-hydrogen) atoms. The molecule has 1 aliphatic carbocycles. The van der Waals surface area contributed by atoms with Gasteiger partial charge in [0.05, 0.1) is 0 Å². The summed E-state index contributed by atoms with van der Waals surface area (Å²) in [6.45, 7) is 2.77.